The first kappa shape index (κ1) is 11.3. The standard InChI is InChI=1S/C8H12O5S/c1-3-6(10)12-8-13-7(4-14-8)11-5(2)9/h7-8H,3-4H2,1-2H3. The average Bonchev–Trinajstić information content (AvgIpc) is 2.51. The van der Waals surface area contributed by atoms with Gasteiger partial charge in [-0.3, -0.25) is 14.3 Å². The molecule has 0 N–H and O–H groups in total. The number of ether oxygens (including phenoxy) is 3. The highest BCUT2D eigenvalue weighted by Gasteiger charge is 2.30. The van der Waals surface area contributed by atoms with Gasteiger partial charge in [-0.05, 0) is 0 Å². The zero-order valence-corrected chi connectivity index (χ0v) is 8.83. The largest absolute Gasteiger partial charge is 0.435 e. The SMILES string of the molecule is CCC(=O)OC1OC(OC(C)=O)CS1. The zero-order chi connectivity index (χ0) is 10.6. The Hall–Kier alpha value is -0.750. The summed E-state index contributed by atoms with van der Waals surface area (Å²) in [5.41, 5.74) is -0.646. The Labute approximate surface area is 86.1 Å². The maximum atomic E-state index is 10.9. The molecule has 1 aliphatic heterocycles. The molecule has 0 aromatic rings. The second kappa shape index (κ2) is 5.21. The van der Waals surface area contributed by atoms with Crippen molar-refractivity contribution < 1.29 is 23.8 Å². The number of carbonyl (C=O) groups is 2. The summed E-state index contributed by atoms with van der Waals surface area (Å²) in [6.07, 6.45) is -0.300. The predicted octanol–water partition coefficient (Wildman–Crippen LogP) is 0.876. The lowest BCUT2D eigenvalue weighted by atomic mass is 10.5. The smallest absolute Gasteiger partial charge is 0.308 e. The average molecular weight is 220 g/mol. The molecular formula is C8H12O5S. The first-order valence-corrected chi connectivity index (χ1v) is 5.30. The summed E-state index contributed by atoms with van der Waals surface area (Å²) in [6, 6.07) is 0. The topological polar surface area (TPSA) is 61.8 Å². The zero-order valence-electron chi connectivity index (χ0n) is 8.02. The van der Waals surface area contributed by atoms with Crippen molar-refractivity contribution in [2.24, 2.45) is 0 Å². The van der Waals surface area contributed by atoms with Crippen molar-refractivity contribution in [2.45, 2.75) is 32.2 Å². The molecule has 0 spiro atoms. The first-order chi connectivity index (χ1) is 6.61. The van der Waals surface area contributed by atoms with E-state index in [1.807, 2.05) is 0 Å². The van der Waals surface area contributed by atoms with E-state index >= 15 is 0 Å². The number of hydrogen-bond acceptors (Lipinski definition) is 6. The van der Waals surface area contributed by atoms with Crippen LogP contribution in [-0.2, 0) is 23.8 Å². The van der Waals surface area contributed by atoms with Crippen LogP contribution in [-0.4, -0.2) is 29.6 Å². The minimum Gasteiger partial charge on any atom is -0.435 e. The summed E-state index contributed by atoms with van der Waals surface area (Å²) >= 11 is 1.29. The molecule has 2 atom stereocenters. The minimum atomic E-state index is -0.646. The van der Waals surface area contributed by atoms with Gasteiger partial charge in [-0.2, -0.15) is 0 Å². The minimum absolute atomic E-state index is 0.304. The quantitative estimate of drug-likeness (QED) is 0.658. The number of esters is 2. The number of thioether (sulfide) groups is 1. The maximum absolute atomic E-state index is 10.9. The number of rotatable bonds is 3. The van der Waals surface area contributed by atoms with Crippen LogP contribution in [0, 0.1) is 0 Å². The molecule has 0 aromatic carbocycles. The Balaban J connectivity index is 2.27. The van der Waals surface area contributed by atoms with E-state index in [1.54, 1.807) is 6.92 Å². The predicted molar refractivity (Wildman–Crippen MR) is 49.3 cm³/mol. The Kier molecular flexibility index (Phi) is 4.21. The Morgan fingerprint density at radius 3 is 2.79 bits per heavy atom. The molecule has 14 heavy (non-hydrogen) atoms. The van der Waals surface area contributed by atoms with Crippen LogP contribution < -0.4 is 0 Å². The van der Waals surface area contributed by atoms with E-state index in [9.17, 15) is 9.59 Å². The van der Waals surface area contributed by atoms with E-state index in [-0.39, 0.29) is 5.97 Å². The van der Waals surface area contributed by atoms with Gasteiger partial charge in [0.15, 0.2) is 0 Å². The van der Waals surface area contributed by atoms with Crippen LogP contribution in [0.1, 0.15) is 20.3 Å². The molecule has 1 aliphatic rings. The van der Waals surface area contributed by atoms with Gasteiger partial charge in [0.1, 0.15) is 0 Å². The van der Waals surface area contributed by atoms with Crippen LogP contribution in [0.5, 0.6) is 0 Å². The van der Waals surface area contributed by atoms with E-state index in [4.69, 9.17) is 14.2 Å². The summed E-state index contributed by atoms with van der Waals surface area (Å²) in [6.45, 7) is 3.00. The third kappa shape index (κ3) is 3.55. The van der Waals surface area contributed by atoms with Crippen molar-refractivity contribution in [3.8, 4) is 0 Å². The molecule has 0 radical (unpaired) electrons. The van der Waals surface area contributed by atoms with Crippen molar-refractivity contribution in [1.29, 1.82) is 0 Å². The molecule has 0 saturated carbocycles. The van der Waals surface area contributed by atoms with Crippen molar-refractivity contribution in [2.75, 3.05) is 5.75 Å². The summed E-state index contributed by atoms with van der Waals surface area (Å²) in [5, 5.41) is 0. The van der Waals surface area contributed by atoms with Gasteiger partial charge in [0.05, 0.1) is 5.75 Å². The van der Waals surface area contributed by atoms with Crippen LogP contribution in [0.2, 0.25) is 0 Å². The van der Waals surface area contributed by atoms with E-state index in [0.717, 1.165) is 0 Å². The summed E-state index contributed by atoms with van der Waals surface area (Å²) in [5.74, 6) is -0.245. The second-order valence-corrected chi connectivity index (χ2v) is 3.69. The molecule has 2 unspecified atom stereocenters. The molecule has 0 aromatic heterocycles. The van der Waals surface area contributed by atoms with Gasteiger partial charge in [-0.15, -0.1) is 0 Å². The molecule has 80 valence electrons. The lowest BCUT2D eigenvalue weighted by Crippen LogP contribution is -2.21. The van der Waals surface area contributed by atoms with Gasteiger partial charge in [0.2, 0.25) is 6.29 Å². The fraction of sp³-hybridized carbons (Fsp3) is 0.750. The number of hydrogen-bond donors (Lipinski definition) is 0. The van der Waals surface area contributed by atoms with Crippen molar-refractivity contribution in [1.82, 2.24) is 0 Å². The lowest BCUT2D eigenvalue weighted by Gasteiger charge is -2.12. The highest BCUT2D eigenvalue weighted by atomic mass is 32.2. The van der Waals surface area contributed by atoms with Gasteiger partial charge in [0.25, 0.3) is 5.62 Å². The molecule has 1 heterocycles. The van der Waals surface area contributed by atoms with Gasteiger partial charge in [0, 0.05) is 13.3 Å². The Morgan fingerprint density at radius 2 is 2.21 bits per heavy atom. The molecule has 0 aliphatic carbocycles. The van der Waals surface area contributed by atoms with E-state index in [0.29, 0.717) is 12.2 Å². The lowest BCUT2D eigenvalue weighted by molar-refractivity contribution is -0.199. The Morgan fingerprint density at radius 1 is 1.50 bits per heavy atom. The van der Waals surface area contributed by atoms with Crippen molar-refractivity contribution >= 4 is 23.7 Å². The highest BCUT2D eigenvalue weighted by molar-refractivity contribution is 7.99. The van der Waals surface area contributed by atoms with Gasteiger partial charge in [-0.25, -0.2) is 0 Å². The van der Waals surface area contributed by atoms with Crippen LogP contribution in [0.15, 0.2) is 0 Å². The normalized spacial score (nSPS) is 25.9. The molecule has 1 saturated heterocycles. The fourth-order valence-electron chi connectivity index (χ4n) is 0.859. The monoisotopic (exact) mass is 220 g/mol. The van der Waals surface area contributed by atoms with E-state index in [2.05, 4.69) is 0 Å². The van der Waals surface area contributed by atoms with Crippen molar-refractivity contribution in [3.05, 3.63) is 0 Å². The van der Waals surface area contributed by atoms with Gasteiger partial charge < -0.3 is 9.47 Å². The van der Waals surface area contributed by atoms with Gasteiger partial charge in [-0.1, -0.05) is 18.7 Å². The first-order valence-electron chi connectivity index (χ1n) is 4.25. The summed E-state index contributed by atoms with van der Waals surface area (Å²) in [4.78, 5) is 21.4. The summed E-state index contributed by atoms with van der Waals surface area (Å²) < 4.78 is 14.8. The summed E-state index contributed by atoms with van der Waals surface area (Å²) in [7, 11) is 0. The highest BCUT2D eigenvalue weighted by Crippen LogP contribution is 2.26. The van der Waals surface area contributed by atoms with Crippen LogP contribution >= 0.6 is 11.8 Å². The molecule has 5 nitrogen and oxygen atoms in total. The molecule has 0 bridgehead atoms. The van der Waals surface area contributed by atoms with Gasteiger partial charge >= 0.3 is 11.9 Å². The van der Waals surface area contributed by atoms with Crippen LogP contribution in [0.4, 0.5) is 0 Å². The second-order valence-electron chi connectivity index (χ2n) is 2.64. The number of carbonyl (C=O) groups excluding carboxylic acids is 2. The van der Waals surface area contributed by atoms with Crippen LogP contribution in [0.3, 0.4) is 0 Å². The Bertz CT molecular complexity index is 230. The van der Waals surface area contributed by atoms with E-state index in [1.165, 1.54) is 18.7 Å². The third-order valence-electron chi connectivity index (χ3n) is 1.45. The molecule has 0 amide bonds. The van der Waals surface area contributed by atoms with Crippen molar-refractivity contribution in [3.63, 3.8) is 0 Å². The molecule has 1 rings (SSSR count). The third-order valence-corrected chi connectivity index (χ3v) is 2.39. The molecule has 6 heteroatoms. The molecular weight excluding hydrogens is 208 g/mol. The van der Waals surface area contributed by atoms with E-state index < -0.39 is 17.9 Å². The van der Waals surface area contributed by atoms with Crippen LogP contribution in [0.25, 0.3) is 0 Å². The maximum Gasteiger partial charge on any atom is 0.308 e. The fourth-order valence-corrected chi connectivity index (χ4v) is 1.70. The molecule has 1 fully saturated rings.